The van der Waals surface area contributed by atoms with Gasteiger partial charge in [0.25, 0.3) is 0 Å². The van der Waals surface area contributed by atoms with Gasteiger partial charge in [-0.3, -0.25) is 4.79 Å². The molecule has 0 bridgehead atoms. The summed E-state index contributed by atoms with van der Waals surface area (Å²) in [7, 11) is 0.345. The Kier molecular flexibility index (Phi) is 5.20. The fraction of sp³-hybridized carbons (Fsp3) is 0.533. The van der Waals surface area contributed by atoms with Crippen molar-refractivity contribution in [2.24, 2.45) is 0 Å². The Morgan fingerprint density at radius 1 is 1.23 bits per heavy atom. The summed E-state index contributed by atoms with van der Waals surface area (Å²) in [5, 5.41) is 0. The highest BCUT2D eigenvalue weighted by Crippen LogP contribution is 2.27. The number of fused-ring (bicyclic) bond motifs is 1. The number of sulfonamides is 1. The van der Waals surface area contributed by atoms with Gasteiger partial charge in [0.1, 0.15) is 0 Å². The molecule has 1 aromatic rings. The molecule has 0 aromatic heterocycles. The zero-order valence-corrected chi connectivity index (χ0v) is 14.1. The van der Waals surface area contributed by atoms with Crippen molar-refractivity contribution in [1.29, 1.82) is 0 Å². The van der Waals surface area contributed by atoms with Gasteiger partial charge in [0.15, 0.2) is 0 Å². The summed E-state index contributed by atoms with van der Waals surface area (Å²) < 4.78 is 25.0. The Bertz CT molecular complexity index is 643. The molecule has 1 amide bonds. The molecule has 0 aliphatic carbocycles. The first-order valence-electron chi connectivity index (χ1n) is 7.27. The predicted molar refractivity (Wildman–Crippen MR) is 87.5 cm³/mol. The average Bonchev–Trinajstić information content (AvgIpc) is 2.85. The minimum atomic E-state index is -3.40. The molecule has 0 spiro atoms. The second-order valence-electron chi connectivity index (χ2n) is 5.82. The van der Waals surface area contributed by atoms with E-state index in [2.05, 4.69) is 0 Å². The van der Waals surface area contributed by atoms with Crippen molar-refractivity contribution in [1.82, 2.24) is 9.21 Å². The van der Waals surface area contributed by atoms with E-state index in [9.17, 15) is 13.2 Å². The lowest BCUT2D eigenvalue weighted by molar-refractivity contribution is -0.118. The van der Waals surface area contributed by atoms with Crippen molar-refractivity contribution in [3.05, 3.63) is 29.8 Å². The number of hydrogen-bond donors (Lipinski definition) is 0. The first-order chi connectivity index (χ1) is 10.3. The van der Waals surface area contributed by atoms with Crippen LogP contribution in [0.4, 0.5) is 5.69 Å². The van der Waals surface area contributed by atoms with Crippen LogP contribution in [0.15, 0.2) is 24.3 Å². The molecule has 0 saturated carbocycles. The van der Waals surface area contributed by atoms with Crippen molar-refractivity contribution in [2.75, 3.05) is 51.4 Å². The maximum atomic E-state index is 12.5. The highest BCUT2D eigenvalue weighted by molar-refractivity contribution is 7.88. The topological polar surface area (TPSA) is 60.9 Å². The number of carbonyl (C=O) groups is 1. The molecular formula is C15H23N3O3S. The zero-order valence-electron chi connectivity index (χ0n) is 13.3. The number of anilines is 1. The lowest BCUT2D eigenvalue weighted by Crippen LogP contribution is -2.44. The van der Waals surface area contributed by atoms with E-state index in [0.29, 0.717) is 19.6 Å². The van der Waals surface area contributed by atoms with Crippen LogP contribution >= 0.6 is 0 Å². The second kappa shape index (κ2) is 6.76. The van der Waals surface area contributed by atoms with Crippen LogP contribution in [0.25, 0.3) is 0 Å². The van der Waals surface area contributed by atoms with Crippen molar-refractivity contribution in [2.45, 2.75) is 6.42 Å². The summed E-state index contributed by atoms with van der Waals surface area (Å²) >= 11 is 0. The number of rotatable bonds is 6. The second-order valence-corrected chi connectivity index (χ2v) is 7.81. The summed E-state index contributed by atoms with van der Waals surface area (Å²) in [6.07, 6.45) is 1.96. The third-order valence-corrected chi connectivity index (χ3v) is 5.02. The van der Waals surface area contributed by atoms with E-state index in [-0.39, 0.29) is 12.5 Å². The Hall–Kier alpha value is -1.44. The SMILES string of the molecule is CN(C)CCN(CC(=O)N1CCc2ccccc21)S(C)(=O)=O. The molecule has 22 heavy (non-hydrogen) atoms. The molecule has 0 N–H and O–H groups in total. The van der Waals surface area contributed by atoms with Crippen LogP contribution < -0.4 is 4.90 Å². The number of para-hydroxylation sites is 1. The van der Waals surface area contributed by atoms with Crippen LogP contribution in [0.3, 0.4) is 0 Å². The van der Waals surface area contributed by atoms with Gasteiger partial charge in [0.05, 0.1) is 12.8 Å². The van der Waals surface area contributed by atoms with Crippen molar-refractivity contribution < 1.29 is 13.2 Å². The smallest absolute Gasteiger partial charge is 0.242 e. The first-order valence-corrected chi connectivity index (χ1v) is 9.12. The van der Waals surface area contributed by atoms with Gasteiger partial charge < -0.3 is 9.80 Å². The Morgan fingerprint density at radius 2 is 1.91 bits per heavy atom. The monoisotopic (exact) mass is 325 g/mol. The van der Waals surface area contributed by atoms with Crippen LogP contribution in [0, 0.1) is 0 Å². The van der Waals surface area contributed by atoms with E-state index in [1.165, 1.54) is 4.31 Å². The van der Waals surface area contributed by atoms with Gasteiger partial charge >= 0.3 is 0 Å². The zero-order chi connectivity index (χ0) is 16.3. The molecule has 1 heterocycles. The molecule has 6 nitrogen and oxygen atoms in total. The van der Waals surface area contributed by atoms with E-state index in [4.69, 9.17) is 0 Å². The molecule has 2 rings (SSSR count). The van der Waals surface area contributed by atoms with E-state index >= 15 is 0 Å². The summed E-state index contributed by atoms with van der Waals surface area (Å²) in [6.45, 7) is 1.40. The van der Waals surface area contributed by atoms with Gasteiger partial charge in [-0.1, -0.05) is 18.2 Å². The highest BCUT2D eigenvalue weighted by Gasteiger charge is 2.28. The highest BCUT2D eigenvalue weighted by atomic mass is 32.2. The number of likely N-dealkylation sites (N-methyl/N-ethyl adjacent to an activating group) is 1. The lowest BCUT2D eigenvalue weighted by Gasteiger charge is -2.24. The van der Waals surface area contributed by atoms with Crippen molar-refractivity contribution in [3.63, 3.8) is 0 Å². The normalized spacial score (nSPS) is 14.7. The Balaban J connectivity index is 2.09. The van der Waals surface area contributed by atoms with Crippen LogP contribution in [0.1, 0.15) is 5.56 Å². The Morgan fingerprint density at radius 3 is 2.55 bits per heavy atom. The van der Waals surface area contributed by atoms with Gasteiger partial charge in [0.2, 0.25) is 15.9 Å². The average molecular weight is 325 g/mol. The molecule has 1 aliphatic rings. The van der Waals surface area contributed by atoms with Crippen LogP contribution in [-0.2, 0) is 21.2 Å². The maximum Gasteiger partial charge on any atom is 0.242 e. The minimum absolute atomic E-state index is 0.110. The van der Waals surface area contributed by atoms with E-state index in [0.717, 1.165) is 23.9 Å². The van der Waals surface area contributed by atoms with Crippen LogP contribution in [-0.4, -0.2) is 70.1 Å². The fourth-order valence-corrected chi connectivity index (χ4v) is 3.27. The number of amides is 1. The number of hydrogen-bond acceptors (Lipinski definition) is 4. The summed E-state index contributed by atoms with van der Waals surface area (Å²) in [6, 6.07) is 7.76. The Labute approximate surface area is 132 Å². The molecule has 0 saturated heterocycles. The number of carbonyl (C=O) groups excluding carboxylic acids is 1. The van der Waals surface area contributed by atoms with Gasteiger partial charge in [-0.2, -0.15) is 4.31 Å². The minimum Gasteiger partial charge on any atom is -0.311 e. The molecule has 0 unspecified atom stereocenters. The largest absolute Gasteiger partial charge is 0.311 e. The van der Waals surface area contributed by atoms with Crippen LogP contribution in [0.2, 0.25) is 0 Å². The van der Waals surface area contributed by atoms with Gasteiger partial charge in [-0.15, -0.1) is 0 Å². The van der Waals surface area contributed by atoms with E-state index in [1.807, 2.05) is 43.3 Å². The molecule has 0 fully saturated rings. The van der Waals surface area contributed by atoms with E-state index in [1.54, 1.807) is 4.90 Å². The van der Waals surface area contributed by atoms with Crippen molar-refractivity contribution in [3.8, 4) is 0 Å². The number of nitrogens with zero attached hydrogens (tertiary/aromatic N) is 3. The third kappa shape index (κ3) is 4.06. The first kappa shape index (κ1) is 16.9. The van der Waals surface area contributed by atoms with Crippen molar-refractivity contribution >= 4 is 21.6 Å². The quantitative estimate of drug-likeness (QED) is 0.759. The summed E-state index contributed by atoms with van der Waals surface area (Å²) in [4.78, 5) is 16.1. The van der Waals surface area contributed by atoms with Gasteiger partial charge in [-0.05, 0) is 32.1 Å². The molecule has 0 radical (unpaired) electrons. The number of benzene rings is 1. The molecule has 122 valence electrons. The van der Waals surface area contributed by atoms with Gasteiger partial charge in [-0.25, -0.2) is 8.42 Å². The molecule has 1 aliphatic heterocycles. The fourth-order valence-electron chi connectivity index (χ4n) is 2.51. The van der Waals surface area contributed by atoms with E-state index < -0.39 is 10.0 Å². The molecule has 7 heteroatoms. The molecule has 0 atom stereocenters. The maximum absolute atomic E-state index is 12.5. The standard InChI is InChI=1S/C15H23N3O3S/c1-16(2)10-11-17(22(3,20)21)12-15(19)18-9-8-13-6-4-5-7-14(13)18/h4-7H,8-12H2,1-3H3. The summed E-state index contributed by atoms with van der Waals surface area (Å²) in [5.41, 5.74) is 2.03. The predicted octanol–water partition coefficient (Wildman–Crippen LogP) is 0.399. The summed E-state index contributed by atoms with van der Waals surface area (Å²) in [5.74, 6) is -0.172. The molecular weight excluding hydrogens is 302 g/mol. The lowest BCUT2D eigenvalue weighted by atomic mass is 10.2. The van der Waals surface area contributed by atoms with Gasteiger partial charge in [0, 0.05) is 25.3 Å². The third-order valence-electron chi connectivity index (χ3n) is 3.77. The molecule has 1 aromatic carbocycles. The van der Waals surface area contributed by atoms with Crippen LogP contribution in [0.5, 0.6) is 0 Å².